The number of carbonyl (C=O) groups excluding carboxylic acids is 1. The lowest BCUT2D eigenvalue weighted by atomic mass is 9.91. The minimum absolute atomic E-state index is 0.0891. The lowest BCUT2D eigenvalue weighted by Gasteiger charge is -2.40. The van der Waals surface area contributed by atoms with Gasteiger partial charge in [-0.15, -0.1) is 0 Å². The molecule has 1 fully saturated rings. The largest absolute Gasteiger partial charge is 0.493 e. The van der Waals surface area contributed by atoms with Crippen molar-refractivity contribution in [1.29, 1.82) is 0 Å². The second-order valence-corrected chi connectivity index (χ2v) is 8.06. The predicted molar refractivity (Wildman–Crippen MR) is 103 cm³/mol. The van der Waals surface area contributed by atoms with Crippen LogP contribution in [0.25, 0.3) is 0 Å². The molecule has 3 rings (SSSR count). The van der Waals surface area contributed by atoms with Crippen LogP contribution < -0.4 is 9.47 Å². The molecule has 1 aromatic carbocycles. The maximum absolute atomic E-state index is 13.1. The minimum Gasteiger partial charge on any atom is -0.493 e. The first-order valence-corrected chi connectivity index (χ1v) is 9.69. The van der Waals surface area contributed by atoms with Crippen molar-refractivity contribution in [3.8, 4) is 11.5 Å². The Balaban J connectivity index is 1.72. The van der Waals surface area contributed by atoms with Crippen molar-refractivity contribution in [1.82, 2.24) is 9.80 Å². The van der Waals surface area contributed by atoms with E-state index < -0.39 is 0 Å². The van der Waals surface area contributed by atoms with Crippen molar-refractivity contribution in [3.05, 3.63) is 23.3 Å². The molecule has 2 aliphatic heterocycles. The summed E-state index contributed by atoms with van der Waals surface area (Å²) in [5.74, 6) is 2.99. The first-order valence-electron chi connectivity index (χ1n) is 9.69. The molecule has 1 aromatic rings. The molecule has 2 heterocycles. The van der Waals surface area contributed by atoms with Crippen molar-refractivity contribution in [3.63, 3.8) is 0 Å². The fraction of sp³-hybridized carbons (Fsp3) is 0.667. The Morgan fingerprint density at radius 3 is 2.23 bits per heavy atom. The van der Waals surface area contributed by atoms with Gasteiger partial charge in [0.2, 0.25) is 5.91 Å². The van der Waals surface area contributed by atoms with Crippen LogP contribution in [-0.4, -0.2) is 55.6 Å². The summed E-state index contributed by atoms with van der Waals surface area (Å²) in [6.07, 6.45) is 2.15. The molecule has 1 amide bonds. The van der Waals surface area contributed by atoms with Crippen LogP contribution in [0.5, 0.6) is 11.5 Å². The van der Waals surface area contributed by atoms with E-state index in [9.17, 15) is 4.79 Å². The van der Waals surface area contributed by atoms with Gasteiger partial charge in [-0.25, -0.2) is 0 Å². The monoisotopic (exact) mass is 360 g/mol. The second-order valence-electron chi connectivity index (χ2n) is 8.06. The average Bonchev–Trinajstić information content (AvgIpc) is 2.64. The number of carbonyl (C=O) groups is 1. The Morgan fingerprint density at radius 1 is 1.08 bits per heavy atom. The minimum atomic E-state index is -0.0891. The van der Waals surface area contributed by atoms with Crippen molar-refractivity contribution in [2.45, 2.75) is 46.2 Å². The van der Waals surface area contributed by atoms with Gasteiger partial charge >= 0.3 is 0 Å². The Morgan fingerprint density at radius 2 is 1.65 bits per heavy atom. The van der Waals surface area contributed by atoms with E-state index in [2.05, 4.69) is 42.7 Å². The Hall–Kier alpha value is -1.75. The average molecular weight is 360 g/mol. The summed E-state index contributed by atoms with van der Waals surface area (Å²) >= 11 is 0. The summed E-state index contributed by atoms with van der Waals surface area (Å²) in [4.78, 5) is 17.4. The molecule has 0 spiro atoms. The van der Waals surface area contributed by atoms with Crippen molar-refractivity contribution in [2.24, 2.45) is 11.8 Å². The molecule has 0 bridgehead atoms. The molecule has 144 valence electrons. The zero-order valence-corrected chi connectivity index (χ0v) is 16.7. The van der Waals surface area contributed by atoms with E-state index in [1.165, 1.54) is 17.5 Å². The fourth-order valence-corrected chi connectivity index (χ4v) is 4.50. The van der Waals surface area contributed by atoms with Gasteiger partial charge in [0.05, 0.1) is 20.3 Å². The number of hydrogen-bond acceptors (Lipinski definition) is 4. The molecule has 0 radical (unpaired) electrons. The topological polar surface area (TPSA) is 42.0 Å². The first kappa shape index (κ1) is 19.0. The standard InChI is InChI=1S/C21H32N2O3/c1-14-8-15(2)12-23(11-14)21(24)16(3)22-7-6-17-9-19(25-4)20(26-5)10-18(17)13-22/h9-10,14-16H,6-8,11-13H2,1-5H3. The number of benzene rings is 1. The Labute approximate surface area is 157 Å². The summed E-state index contributed by atoms with van der Waals surface area (Å²) < 4.78 is 10.9. The van der Waals surface area contributed by atoms with E-state index in [0.29, 0.717) is 11.8 Å². The number of methoxy groups -OCH3 is 2. The molecule has 1 saturated heterocycles. The van der Waals surface area contributed by atoms with Gasteiger partial charge in [-0.1, -0.05) is 13.8 Å². The summed E-state index contributed by atoms with van der Waals surface area (Å²) in [6.45, 7) is 10.0. The molecular weight excluding hydrogens is 328 g/mol. The van der Waals surface area contributed by atoms with Crippen molar-refractivity contribution >= 4 is 5.91 Å². The molecule has 0 saturated carbocycles. The van der Waals surface area contributed by atoms with Crippen LogP contribution in [0.4, 0.5) is 0 Å². The van der Waals surface area contributed by atoms with E-state index >= 15 is 0 Å². The number of hydrogen-bond donors (Lipinski definition) is 0. The van der Waals surface area contributed by atoms with Gasteiger partial charge in [0.1, 0.15) is 0 Å². The second kappa shape index (κ2) is 7.87. The highest BCUT2D eigenvalue weighted by Crippen LogP contribution is 2.34. The van der Waals surface area contributed by atoms with E-state index in [4.69, 9.17) is 9.47 Å². The smallest absolute Gasteiger partial charge is 0.239 e. The molecule has 5 nitrogen and oxygen atoms in total. The molecule has 2 aliphatic rings. The first-order chi connectivity index (χ1) is 12.4. The molecule has 5 heteroatoms. The Bertz CT molecular complexity index is 651. The van der Waals surface area contributed by atoms with Gasteiger partial charge in [-0.2, -0.15) is 0 Å². The van der Waals surface area contributed by atoms with Gasteiger partial charge in [0.25, 0.3) is 0 Å². The molecular formula is C21H32N2O3. The van der Waals surface area contributed by atoms with Crippen LogP contribution in [0, 0.1) is 11.8 Å². The molecule has 3 unspecified atom stereocenters. The van der Waals surface area contributed by atoms with E-state index in [0.717, 1.165) is 44.1 Å². The summed E-state index contributed by atoms with van der Waals surface area (Å²) in [6, 6.07) is 4.04. The van der Waals surface area contributed by atoms with Crippen LogP contribution in [0.1, 0.15) is 38.3 Å². The number of ether oxygens (including phenoxy) is 2. The van der Waals surface area contributed by atoms with Gasteiger partial charge in [-0.3, -0.25) is 9.69 Å². The molecule has 0 aromatic heterocycles. The Kier molecular flexibility index (Phi) is 5.76. The van der Waals surface area contributed by atoms with Gasteiger partial charge < -0.3 is 14.4 Å². The van der Waals surface area contributed by atoms with Gasteiger partial charge in [-0.05, 0) is 54.9 Å². The van der Waals surface area contributed by atoms with Crippen LogP contribution in [0.2, 0.25) is 0 Å². The van der Waals surface area contributed by atoms with Crippen molar-refractivity contribution < 1.29 is 14.3 Å². The SMILES string of the molecule is COc1cc2c(cc1OC)CN(C(C)C(=O)N1CC(C)CC(C)C1)CC2. The third-order valence-corrected chi connectivity index (χ3v) is 5.83. The number of nitrogens with zero attached hydrogens (tertiary/aromatic N) is 2. The normalized spacial score (nSPS) is 24.7. The number of rotatable bonds is 4. The van der Waals surface area contributed by atoms with Crippen LogP contribution in [0.3, 0.4) is 0 Å². The molecule has 26 heavy (non-hydrogen) atoms. The van der Waals surface area contributed by atoms with Gasteiger partial charge in [0, 0.05) is 26.2 Å². The van der Waals surface area contributed by atoms with Crippen LogP contribution in [0.15, 0.2) is 12.1 Å². The fourth-order valence-electron chi connectivity index (χ4n) is 4.50. The van der Waals surface area contributed by atoms with E-state index in [-0.39, 0.29) is 11.9 Å². The maximum atomic E-state index is 13.1. The van der Waals surface area contributed by atoms with Crippen molar-refractivity contribution in [2.75, 3.05) is 33.9 Å². The zero-order chi connectivity index (χ0) is 18.8. The highest BCUT2D eigenvalue weighted by molar-refractivity contribution is 5.81. The number of piperidine rings is 1. The summed E-state index contributed by atoms with van der Waals surface area (Å²) in [5.41, 5.74) is 2.52. The molecule has 0 N–H and O–H groups in total. The quantitative estimate of drug-likeness (QED) is 0.828. The third-order valence-electron chi connectivity index (χ3n) is 5.83. The predicted octanol–water partition coefficient (Wildman–Crippen LogP) is 2.95. The summed E-state index contributed by atoms with van der Waals surface area (Å²) in [5, 5.41) is 0. The number of fused-ring (bicyclic) bond motifs is 1. The highest BCUT2D eigenvalue weighted by Gasteiger charge is 2.32. The van der Waals surface area contributed by atoms with Crippen LogP contribution >= 0.6 is 0 Å². The maximum Gasteiger partial charge on any atom is 0.239 e. The lowest BCUT2D eigenvalue weighted by Crippen LogP contribution is -2.52. The third kappa shape index (κ3) is 3.83. The number of amides is 1. The summed E-state index contributed by atoms with van der Waals surface area (Å²) in [7, 11) is 3.33. The van der Waals surface area contributed by atoms with Gasteiger partial charge in [0.15, 0.2) is 11.5 Å². The lowest BCUT2D eigenvalue weighted by molar-refractivity contribution is -0.139. The molecule has 3 atom stereocenters. The molecule has 0 aliphatic carbocycles. The highest BCUT2D eigenvalue weighted by atomic mass is 16.5. The van der Waals surface area contributed by atoms with E-state index in [1.807, 2.05) is 0 Å². The zero-order valence-electron chi connectivity index (χ0n) is 16.7. The van der Waals surface area contributed by atoms with Crippen LogP contribution in [-0.2, 0) is 17.8 Å². The number of likely N-dealkylation sites (tertiary alicyclic amines) is 1. The van der Waals surface area contributed by atoms with E-state index in [1.54, 1.807) is 14.2 Å².